The molecule has 1 atom stereocenters. The van der Waals surface area contributed by atoms with Crippen molar-refractivity contribution in [2.45, 2.75) is 78.3 Å². The molecule has 7 heteroatoms. The van der Waals surface area contributed by atoms with Crippen LogP contribution in [-0.4, -0.2) is 52.9 Å². The molecule has 1 saturated heterocycles. The molecule has 0 radical (unpaired) electrons. The Kier molecular flexibility index (Phi) is 10.2. The molecule has 1 aliphatic heterocycles. The van der Waals surface area contributed by atoms with Crippen molar-refractivity contribution in [3.8, 4) is 0 Å². The maximum atomic E-state index is 4.93. The lowest BCUT2D eigenvalue weighted by atomic mass is 10.1. The SMILES string of the molecule is CCNC(=NCc1c(CC)nn(C)c1CC)NC1CCN(CC2CCCC2)C1.I. The van der Waals surface area contributed by atoms with Crippen LogP contribution in [0.3, 0.4) is 0 Å². The van der Waals surface area contributed by atoms with E-state index in [1.807, 2.05) is 11.7 Å². The van der Waals surface area contributed by atoms with E-state index in [1.165, 1.54) is 62.1 Å². The number of halogens is 1. The fraction of sp³-hybridized carbons (Fsp3) is 0.818. The highest BCUT2D eigenvalue weighted by Gasteiger charge is 2.26. The van der Waals surface area contributed by atoms with Crippen LogP contribution < -0.4 is 10.6 Å². The molecule has 1 aromatic heterocycles. The van der Waals surface area contributed by atoms with Crippen molar-refractivity contribution in [3.63, 3.8) is 0 Å². The lowest BCUT2D eigenvalue weighted by Gasteiger charge is -2.21. The van der Waals surface area contributed by atoms with Crippen molar-refractivity contribution in [1.29, 1.82) is 0 Å². The molecule has 1 saturated carbocycles. The molecule has 1 unspecified atom stereocenters. The van der Waals surface area contributed by atoms with Gasteiger partial charge in [0.05, 0.1) is 12.2 Å². The highest BCUT2D eigenvalue weighted by atomic mass is 127. The molecule has 2 heterocycles. The zero-order valence-corrected chi connectivity index (χ0v) is 21.2. The summed E-state index contributed by atoms with van der Waals surface area (Å²) in [5, 5.41) is 11.8. The Morgan fingerprint density at radius 1 is 1.14 bits per heavy atom. The number of hydrogen-bond acceptors (Lipinski definition) is 3. The molecule has 0 aromatic carbocycles. The van der Waals surface area contributed by atoms with Crippen LogP contribution in [0.15, 0.2) is 4.99 Å². The second-order valence-electron chi connectivity index (χ2n) is 8.44. The van der Waals surface area contributed by atoms with Crippen molar-refractivity contribution in [2.75, 3.05) is 26.2 Å². The first kappa shape index (κ1) is 24.4. The van der Waals surface area contributed by atoms with Gasteiger partial charge in [0.25, 0.3) is 0 Å². The molecule has 6 nitrogen and oxygen atoms in total. The van der Waals surface area contributed by atoms with Crippen LogP contribution in [0.1, 0.15) is 69.8 Å². The fourth-order valence-corrected chi connectivity index (χ4v) is 4.92. The van der Waals surface area contributed by atoms with E-state index in [-0.39, 0.29) is 24.0 Å². The molecular formula is C22H41IN6. The van der Waals surface area contributed by atoms with Gasteiger partial charge in [-0.15, -0.1) is 24.0 Å². The van der Waals surface area contributed by atoms with Gasteiger partial charge >= 0.3 is 0 Å². The van der Waals surface area contributed by atoms with Gasteiger partial charge in [0.2, 0.25) is 0 Å². The zero-order valence-electron chi connectivity index (χ0n) is 18.8. The predicted molar refractivity (Wildman–Crippen MR) is 132 cm³/mol. The Balaban J connectivity index is 0.00000300. The van der Waals surface area contributed by atoms with Crippen LogP contribution in [0.25, 0.3) is 0 Å². The number of nitrogens with one attached hydrogen (secondary N) is 2. The number of hydrogen-bond donors (Lipinski definition) is 2. The van der Waals surface area contributed by atoms with Crippen LogP contribution in [0.2, 0.25) is 0 Å². The number of nitrogens with zero attached hydrogens (tertiary/aromatic N) is 4. The van der Waals surface area contributed by atoms with Gasteiger partial charge in [-0.1, -0.05) is 26.7 Å². The minimum atomic E-state index is 0. The molecular weight excluding hydrogens is 475 g/mol. The predicted octanol–water partition coefficient (Wildman–Crippen LogP) is 3.48. The highest BCUT2D eigenvalue weighted by Crippen LogP contribution is 2.26. The van der Waals surface area contributed by atoms with Crippen LogP contribution in [0.4, 0.5) is 0 Å². The molecule has 2 N–H and O–H groups in total. The van der Waals surface area contributed by atoms with Crippen LogP contribution >= 0.6 is 24.0 Å². The lowest BCUT2D eigenvalue weighted by Crippen LogP contribution is -2.44. The van der Waals surface area contributed by atoms with Gasteiger partial charge in [-0.25, -0.2) is 4.99 Å². The van der Waals surface area contributed by atoms with Crippen molar-refractivity contribution < 1.29 is 0 Å². The summed E-state index contributed by atoms with van der Waals surface area (Å²) in [6, 6.07) is 0.504. The van der Waals surface area contributed by atoms with Gasteiger partial charge in [0.1, 0.15) is 0 Å². The normalized spacial score (nSPS) is 20.8. The minimum Gasteiger partial charge on any atom is -0.357 e. The average molecular weight is 517 g/mol. The van der Waals surface area contributed by atoms with Gasteiger partial charge in [-0.05, 0) is 44.9 Å². The summed E-state index contributed by atoms with van der Waals surface area (Å²) in [7, 11) is 2.05. The largest absolute Gasteiger partial charge is 0.357 e. The monoisotopic (exact) mass is 516 g/mol. The number of aryl methyl sites for hydroxylation is 2. The number of likely N-dealkylation sites (tertiary alicyclic amines) is 1. The fourth-order valence-electron chi connectivity index (χ4n) is 4.92. The van der Waals surface area contributed by atoms with Gasteiger partial charge in [0, 0.05) is 50.5 Å². The van der Waals surface area contributed by atoms with Crippen molar-refractivity contribution in [1.82, 2.24) is 25.3 Å². The van der Waals surface area contributed by atoms with E-state index in [1.54, 1.807) is 0 Å². The number of aromatic nitrogens is 2. The Labute approximate surface area is 194 Å². The topological polar surface area (TPSA) is 57.5 Å². The van der Waals surface area contributed by atoms with Crippen LogP contribution in [0.5, 0.6) is 0 Å². The third kappa shape index (κ3) is 6.57. The molecule has 29 heavy (non-hydrogen) atoms. The molecule has 1 aliphatic carbocycles. The molecule has 1 aromatic rings. The Morgan fingerprint density at radius 2 is 1.90 bits per heavy atom. The summed E-state index contributed by atoms with van der Waals surface area (Å²) in [6.07, 6.45) is 8.91. The molecule has 2 fully saturated rings. The van der Waals surface area contributed by atoms with E-state index < -0.39 is 0 Å². The second-order valence-corrected chi connectivity index (χ2v) is 8.44. The third-order valence-corrected chi connectivity index (χ3v) is 6.37. The molecule has 0 amide bonds. The smallest absolute Gasteiger partial charge is 0.191 e. The summed E-state index contributed by atoms with van der Waals surface area (Å²) in [6.45, 7) is 11.8. The lowest BCUT2D eigenvalue weighted by molar-refractivity contribution is 0.275. The zero-order chi connectivity index (χ0) is 19.9. The maximum Gasteiger partial charge on any atom is 0.191 e. The van der Waals surface area contributed by atoms with Crippen LogP contribution in [-0.2, 0) is 26.4 Å². The highest BCUT2D eigenvalue weighted by molar-refractivity contribution is 14.0. The average Bonchev–Trinajstić information content (AvgIpc) is 3.41. The first-order valence-corrected chi connectivity index (χ1v) is 11.4. The van der Waals surface area contributed by atoms with Gasteiger partial charge < -0.3 is 15.5 Å². The number of rotatable bonds is 8. The summed E-state index contributed by atoms with van der Waals surface area (Å²) in [5.74, 6) is 1.88. The summed E-state index contributed by atoms with van der Waals surface area (Å²) in [4.78, 5) is 7.58. The Bertz CT molecular complexity index is 650. The summed E-state index contributed by atoms with van der Waals surface area (Å²) in [5.41, 5.74) is 3.79. The molecule has 2 aliphatic rings. The Hall–Kier alpha value is -0.830. The van der Waals surface area contributed by atoms with Gasteiger partial charge in [0.15, 0.2) is 5.96 Å². The standard InChI is InChI=1S/C22H40N6.HI/c1-5-20-19(21(6-2)27(4)26-20)14-24-22(23-7-3)25-18-12-13-28(16-18)15-17-10-8-9-11-17;/h17-18H,5-16H2,1-4H3,(H2,23,24,25);1H. The van der Waals surface area contributed by atoms with E-state index in [2.05, 4.69) is 41.4 Å². The molecule has 0 bridgehead atoms. The van der Waals surface area contributed by atoms with E-state index in [0.717, 1.165) is 37.8 Å². The Morgan fingerprint density at radius 3 is 2.55 bits per heavy atom. The number of guanidine groups is 1. The van der Waals surface area contributed by atoms with Crippen LogP contribution in [0, 0.1) is 5.92 Å². The molecule has 166 valence electrons. The van der Waals surface area contributed by atoms with Crippen molar-refractivity contribution in [3.05, 3.63) is 17.0 Å². The van der Waals surface area contributed by atoms with E-state index >= 15 is 0 Å². The van der Waals surface area contributed by atoms with Gasteiger partial charge in [-0.3, -0.25) is 4.68 Å². The van der Waals surface area contributed by atoms with E-state index in [9.17, 15) is 0 Å². The van der Waals surface area contributed by atoms with E-state index in [4.69, 9.17) is 4.99 Å². The first-order chi connectivity index (χ1) is 13.6. The van der Waals surface area contributed by atoms with E-state index in [0.29, 0.717) is 12.6 Å². The first-order valence-electron chi connectivity index (χ1n) is 11.4. The van der Waals surface area contributed by atoms with Gasteiger partial charge in [-0.2, -0.15) is 5.10 Å². The van der Waals surface area contributed by atoms with Crippen molar-refractivity contribution >= 4 is 29.9 Å². The second kappa shape index (κ2) is 12.1. The molecule has 0 spiro atoms. The minimum absolute atomic E-state index is 0. The van der Waals surface area contributed by atoms with Crippen molar-refractivity contribution in [2.24, 2.45) is 18.0 Å². The molecule has 3 rings (SSSR count). The maximum absolute atomic E-state index is 4.93. The quantitative estimate of drug-likeness (QED) is 0.316. The third-order valence-electron chi connectivity index (χ3n) is 6.37. The summed E-state index contributed by atoms with van der Waals surface area (Å²) >= 11 is 0. The summed E-state index contributed by atoms with van der Waals surface area (Å²) < 4.78 is 2.03. The number of aliphatic imine (C=N–C) groups is 1.